The minimum Gasteiger partial charge on any atom is -0.507 e. The summed E-state index contributed by atoms with van der Waals surface area (Å²) in [7, 11) is 7.98. The number of phenols is 1. The van der Waals surface area contributed by atoms with Crippen LogP contribution in [-0.2, 0) is 0 Å². The molecule has 5 heteroatoms. The van der Waals surface area contributed by atoms with Gasteiger partial charge < -0.3 is 19.3 Å². The van der Waals surface area contributed by atoms with Gasteiger partial charge in [0.1, 0.15) is 31.2 Å². The highest BCUT2D eigenvalue weighted by molar-refractivity contribution is 6.04. The third-order valence-electron chi connectivity index (χ3n) is 6.10. The van der Waals surface area contributed by atoms with Gasteiger partial charge in [0.2, 0.25) is 5.36 Å². The van der Waals surface area contributed by atoms with Gasteiger partial charge in [-0.1, -0.05) is 0 Å². The zero-order chi connectivity index (χ0) is 23.0. The van der Waals surface area contributed by atoms with Crippen molar-refractivity contribution < 1.29 is 9.52 Å². The minimum atomic E-state index is 0.259. The summed E-state index contributed by atoms with van der Waals surface area (Å²) < 4.78 is 8.50. The number of rotatable bonds is 5. The van der Waals surface area contributed by atoms with Crippen LogP contribution in [0.3, 0.4) is 0 Å². The SMILES string of the molecule is CCN(CC)c1ccc2c(-c3ccc(N(C)C)cc3O)c3ccc(=[N+](C)C)cc-3oc2c1. The number of hydrogen-bond donors (Lipinski definition) is 1. The van der Waals surface area contributed by atoms with E-state index in [1.54, 1.807) is 0 Å². The summed E-state index contributed by atoms with van der Waals surface area (Å²) >= 11 is 0. The number of benzene rings is 3. The normalized spacial score (nSPS) is 11.2. The van der Waals surface area contributed by atoms with E-state index in [1.165, 1.54) is 0 Å². The molecule has 0 amide bonds. The van der Waals surface area contributed by atoms with Crippen LogP contribution >= 0.6 is 0 Å². The molecular weight excluding hydrogens is 398 g/mol. The van der Waals surface area contributed by atoms with Crippen molar-refractivity contribution >= 4 is 22.3 Å². The van der Waals surface area contributed by atoms with Crippen molar-refractivity contribution in [2.45, 2.75) is 13.8 Å². The highest BCUT2D eigenvalue weighted by atomic mass is 16.3. The van der Waals surface area contributed by atoms with Gasteiger partial charge in [-0.25, -0.2) is 4.58 Å². The van der Waals surface area contributed by atoms with E-state index in [1.807, 2.05) is 51.3 Å². The molecule has 166 valence electrons. The summed E-state index contributed by atoms with van der Waals surface area (Å²) in [5.74, 6) is 1.06. The Morgan fingerprint density at radius 3 is 2.16 bits per heavy atom. The molecular formula is C27H32N3O2+. The third-order valence-corrected chi connectivity index (χ3v) is 6.10. The fraction of sp³-hybridized carbons (Fsp3) is 0.296. The molecule has 1 N–H and O–H groups in total. The van der Waals surface area contributed by atoms with Crippen LogP contribution in [-0.4, -0.2) is 46.4 Å². The standard InChI is InChI=1S/C27H31N3O2/c1-7-30(8-2)20-11-14-23-26(17-20)32-25-16-19(29(5)6)10-13-22(25)27(23)21-12-9-18(28(3)4)15-24(21)31/h9-17H,7-8H2,1-6H3/p+1. The van der Waals surface area contributed by atoms with Crippen LogP contribution in [0.25, 0.3) is 33.4 Å². The Labute approximate surface area is 189 Å². The Morgan fingerprint density at radius 1 is 0.844 bits per heavy atom. The van der Waals surface area contributed by atoms with Crippen LogP contribution in [0.1, 0.15) is 13.8 Å². The maximum absolute atomic E-state index is 11.0. The van der Waals surface area contributed by atoms with E-state index < -0.39 is 0 Å². The molecule has 0 radical (unpaired) electrons. The summed E-state index contributed by atoms with van der Waals surface area (Å²) in [6, 6.07) is 18.4. The minimum absolute atomic E-state index is 0.259. The maximum Gasteiger partial charge on any atom is 0.203 e. The van der Waals surface area contributed by atoms with Crippen LogP contribution in [0.4, 0.5) is 11.4 Å². The number of fused-ring (bicyclic) bond motifs is 2. The van der Waals surface area contributed by atoms with E-state index in [0.29, 0.717) is 0 Å². The number of phenolic OH excluding ortho intramolecular Hbond substituents is 1. The van der Waals surface area contributed by atoms with E-state index in [4.69, 9.17) is 4.42 Å². The van der Waals surface area contributed by atoms with E-state index in [0.717, 1.165) is 63.2 Å². The lowest BCUT2D eigenvalue weighted by atomic mass is 9.92. The van der Waals surface area contributed by atoms with Crippen LogP contribution in [0.5, 0.6) is 5.75 Å². The molecule has 2 aromatic rings. The van der Waals surface area contributed by atoms with Crippen molar-refractivity contribution in [3.05, 3.63) is 60.0 Å². The third kappa shape index (κ3) is 3.79. The van der Waals surface area contributed by atoms with Crippen LogP contribution < -0.4 is 19.7 Å². The second kappa shape index (κ2) is 8.58. The molecule has 2 aromatic carbocycles. The van der Waals surface area contributed by atoms with Gasteiger partial charge in [-0.3, -0.25) is 0 Å². The van der Waals surface area contributed by atoms with Crippen molar-refractivity contribution in [1.29, 1.82) is 0 Å². The van der Waals surface area contributed by atoms with E-state index in [-0.39, 0.29) is 5.75 Å². The number of hydrogen-bond acceptors (Lipinski definition) is 4. The number of aromatic hydroxyl groups is 1. The number of nitrogens with zero attached hydrogens (tertiary/aromatic N) is 3. The zero-order valence-electron chi connectivity index (χ0n) is 19.8. The van der Waals surface area contributed by atoms with Gasteiger partial charge in [0.15, 0.2) is 0 Å². The van der Waals surface area contributed by atoms with Gasteiger partial charge in [0.25, 0.3) is 0 Å². The quantitative estimate of drug-likeness (QED) is 0.363. The van der Waals surface area contributed by atoms with Crippen molar-refractivity contribution in [1.82, 2.24) is 4.58 Å². The molecule has 0 bridgehead atoms. The Hall–Kier alpha value is -3.47. The second-order valence-electron chi connectivity index (χ2n) is 8.50. The molecule has 0 unspecified atom stereocenters. The fourth-order valence-corrected chi connectivity index (χ4v) is 4.23. The molecule has 2 aliphatic rings. The average molecular weight is 431 g/mol. The van der Waals surface area contributed by atoms with Crippen molar-refractivity contribution in [2.24, 2.45) is 0 Å². The highest BCUT2D eigenvalue weighted by Crippen LogP contribution is 2.44. The van der Waals surface area contributed by atoms with Crippen LogP contribution in [0.15, 0.2) is 59.0 Å². The summed E-state index contributed by atoms with van der Waals surface area (Å²) in [4.78, 5) is 4.29. The molecule has 0 saturated carbocycles. The molecule has 0 fully saturated rings. The van der Waals surface area contributed by atoms with E-state index in [2.05, 4.69) is 59.7 Å². The van der Waals surface area contributed by atoms with Crippen LogP contribution in [0.2, 0.25) is 0 Å². The Morgan fingerprint density at radius 2 is 1.53 bits per heavy atom. The molecule has 32 heavy (non-hydrogen) atoms. The molecule has 0 saturated heterocycles. The summed E-state index contributed by atoms with van der Waals surface area (Å²) in [6.45, 7) is 6.18. The lowest BCUT2D eigenvalue weighted by Gasteiger charge is -2.22. The summed E-state index contributed by atoms with van der Waals surface area (Å²) in [5, 5.41) is 13.1. The van der Waals surface area contributed by atoms with Gasteiger partial charge in [-0.05, 0) is 44.2 Å². The predicted octanol–water partition coefficient (Wildman–Crippen LogP) is 4.85. The van der Waals surface area contributed by atoms with Crippen LogP contribution in [0, 0.1) is 0 Å². The Kier molecular flexibility index (Phi) is 5.83. The Balaban J connectivity index is 2.08. The van der Waals surface area contributed by atoms with Crippen molar-refractivity contribution in [2.75, 3.05) is 51.1 Å². The predicted molar refractivity (Wildman–Crippen MR) is 135 cm³/mol. The number of anilines is 2. The first-order valence-corrected chi connectivity index (χ1v) is 11.1. The van der Waals surface area contributed by atoms with E-state index in [9.17, 15) is 5.11 Å². The van der Waals surface area contributed by atoms with Crippen molar-refractivity contribution in [3.8, 4) is 28.2 Å². The monoisotopic (exact) mass is 430 g/mol. The van der Waals surface area contributed by atoms with Gasteiger partial charge in [0, 0.05) is 78.8 Å². The first-order valence-electron chi connectivity index (χ1n) is 11.1. The highest BCUT2D eigenvalue weighted by Gasteiger charge is 2.21. The van der Waals surface area contributed by atoms with Gasteiger partial charge in [0.05, 0.1) is 6.07 Å². The molecule has 0 aromatic heterocycles. The maximum atomic E-state index is 11.0. The molecule has 4 rings (SSSR count). The van der Waals surface area contributed by atoms with Crippen molar-refractivity contribution in [3.63, 3.8) is 0 Å². The Bertz CT molecular complexity index is 1310. The molecule has 1 aliphatic heterocycles. The molecule has 1 aliphatic carbocycles. The molecule has 1 heterocycles. The molecule has 0 atom stereocenters. The second-order valence-corrected chi connectivity index (χ2v) is 8.50. The van der Waals surface area contributed by atoms with Gasteiger partial charge in [-0.15, -0.1) is 0 Å². The van der Waals surface area contributed by atoms with Gasteiger partial charge in [-0.2, -0.15) is 0 Å². The summed E-state index contributed by atoms with van der Waals surface area (Å²) in [5.41, 5.74) is 5.66. The van der Waals surface area contributed by atoms with E-state index >= 15 is 0 Å². The summed E-state index contributed by atoms with van der Waals surface area (Å²) in [6.07, 6.45) is 0. The first kappa shape index (κ1) is 21.8. The largest absolute Gasteiger partial charge is 0.507 e. The molecule has 0 spiro atoms. The first-order chi connectivity index (χ1) is 15.3. The lowest BCUT2D eigenvalue weighted by Crippen LogP contribution is -2.21. The average Bonchev–Trinajstić information content (AvgIpc) is 2.78. The topological polar surface area (TPSA) is 42.9 Å². The lowest BCUT2D eigenvalue weighted by molar-refractivity contribution is 0.477. The smallest absolute Gasteiger partial charge is 0.203 e. The fourth-order valence-electron chi connectivity index (χ4n) is 4.23. The molecule has 5 nitrogen and oxygen atoms in total. The zero-order valence-corrected chi connectivity index (χ0v) is 19.8. The van der Waals surface area contributed by atoms with Gasteiger partial charge >= 0.3 is 0 Å².